The van der Waals surface area contributed by atoms with Gasteiger partial charge in [-0.15, -0.1) is 0 Å². The first-order valence-corrected chi connectivity index (χ1v) is 16.0. The molecule has 0 aromatic carbocycles. The molecule has 0 bridgehead atoms. The molecule has 6 nitrogen and oxygen atoms in total. The van der Waals surface area contributed by atoms with Gasteiger partial charge in [0.05, 0.1) is 5.69 Å². The Hall–Kier alpha value is -2.73. The second-order valence-electron chi connectivity index (χ2n) is 10.5. The third-order valence-corrected chi connectivity index (χ3v) is 6.91. The highest BCUT2D eigenvalue weighted by Crippen LogP contribution is 2.39. The number of allylic oxidation sites excluding steroid dienone is 1. The van der Waals surface area contributed by atoms with Gasteiger partial charge in [0.1, 0.15) is 5.78 Å². The molecular weight excluding hydrogens is 506 g/mol. The van der Waals surface area contributed by atoms with Gasteiger partial charge in [0.15, 0.2) is 0 Å². The average Bonchev–Trinajstić information content (AvgIpc) is 3.71. The molecule has 2 fully saturated rings. The molecule has 41 heavy (non-hydrogen) atoms. The third kappa shape index (κ3) is 14.1. The molecule has 1 aliphatic carbocycles. The number of hydrogen-bond donors (Lipinski definition) is 2. The number of hydrogen-bond acceptors (Lipinski definition) is 6. The normalized spacial score (nSPS) is 14.6. The summed E-state index contributed by atoms with van der Waals surface area (Å²) in [7, 11) is 0. The highest BCUT2D eigenvalue weighted by Gasteiger charge is 2.45. The first-order valence-electron chi connectivity index (χ1n) is 16.0. The predicted octanol–water partition coefficient (Wildman–Crippen LogP) is 7.98. The van der Waals surface area contributed by atoms with Crippen molar-refractivity contribution in [2.24, 2.45) is 5.73 Å². The van der Waals surface area contributed by atoms with Crippen molar-refractivity contribution in [3.63, 3.8) is 0 Å². The van der Waals surface area contributed by atoms with Gasteiger partial charge in [-0.05, 0) is 94.7 Å². The van der Waals surface area contributed by atoms with Crippen LogP contribution in [0.2, 0.25) is 0 Å². The predicted molar refractivity (Wildman–Crippen MR) is 180 cm³/mol. The molecule has 2 aliphatic rings. The van der Waals surface area contributed by atoms with E-state index in [0.717, 1.165) is 50.2 Å². The van der Waals surface area contributed by atoms with Crippen LogP contribution in [0.15, 0.2) is 30.2 Å². The number of anilines is 1. The zero-order chi connectivity index (χ0) is 31.4. The van der Waals surface area contributed by atoms with Gasteiger partial charge < -0.3 is 20.7 Å². The highest BCUT2D eigenvalue weighted by atomic mass is 16.1. The lowest BCUT2D eigenvalue weighted by molar-refractivity contribution is -0.117. The van der Waals surface area contributed by atoms with Gasteiger partial charge in [-0.1, -0.05) is 54.9 Å². The summed E-state index contributed by atoms with van der Waals surface area (Å²) < 4.78 is 0. The summed E-state index contributed by atoms with van der Waals surface area (Å²) in [4.78, 5) is 21.3. The van der Waals surface area contributed by atoms with Crippen molar-refractivity contribution in [2.45, 2.75) is 127 Å². The number of aromatic nitrogens is 2. The Balaban J connectivity index is 0.000000611. The van der Waals surface area contributed by atoms with E-state index < -0.39 is 0 Å². The SMILES string of the molecule is CC.CC.CCCC(C)=O.CCCc1c(N2CCNC3(CC3)C2)ccnc1C.CCc1cc(/C=C(/C)N)ncc1C. The van der Waals surface area contributed by atoms with E-state index in [1.165, 1.54) is 53.9 Å². The minimum Gasteiger partial charge on any atom is -0.402 e. The average molecular weight is 568 g/mol. The van der Waals surface area contributed by atoms with Crippen molar-refractivity contribution < 1.29 is 4.79 Å². The first kappa shape index (κ1) is 38.3. The lowest BCUT2D eigenvalue weighted by Gasteiger charge is -2.37. The molecule has 0 amide bonds. The van der Waals surface area contributed by atoms with E-state index in [-0.39, 0.29) is 5.78 Å². The fourth-order valence-electron chi connectivity index (χ4n) is 4.72. The maximum atomic E-state index is 10.0. The second-order valence-corrected chi connectivity index (χ2v) is 10.5. The standard InChI is InChI=1S/C15H23N3.C11H16N2.C5H10O.2C2H6/c1-3-4-13-12(2)16-8-5-14(13)18-10-9-17-15(11-18)6-7-15;1-4-10-6-11(5-9(3)12)13-7-8(10)2;1-3-4-5(2)6;2*1-2/h5,8,17H,3-4,6-7,9-11H2,1-2H3;5-7H,4,12H2,1-3H3;3-4H2,1-2H3;2*1-2H3/b;9-5-;;;. The van der Waals surface area contributed by atoms with Crippen LogP contribution in [0.5, 0.6) is 0 Å². The van der Waals surface area contributed by atoms with Crippen LogP contribution in [0, 0.1) is 13.8 Å². The number of rotatable bonds is 7. The number of nitrogens with one attached hydrogen (secondary N) is 1. The molecule has 0 radical (unpaired) electrons. The summed E-state index contributed by atoms with van der Waals surface area (Å²) in [6.45, 7) is 25.5. The number of carbonyl (C=O) groups excluding carboxylic acids is 1. The Morgan fingerprint density at radius 3 is 2.22 bits per heavy atom. The fourth-order valence-corrected chi connectivity index (χ4v) is 4.72. The number of carbonyl (C=O) groups is 1. The molecule has 3 N–H and O–H groups in total. The molecule has 4 rings (SSSR count). The van der Waals surface area contributed by atoms with Gasteiger partial charge in [0.2, 0.25) is 0 Å². The zero-order valence-corrected chi connectivity index (χ0v) is 28.3. The van der Waals surface area contributed by atoms with Crippen LogP contribution in [0.25, 0.3) is 6.08 Å². The second kappa shape index (κ2) is 21.0. The number of piperazine rings is 1. The zero-order valence-electron chi connectivity index (χ0n) is 28.3. The van der Waals surface area contributed by atoms with Gasteiger partial charge in [-0.3, -0.25) is 9.97 Å². The summed E-state index contributed by atoms with van der Waals surface area (Å²) in [5.41, 5.74) is 14.4. The number of nitrogens with two attached hydrogens (primary N) is 1. The number of aryl methyl sites for hydroxylation is 3. The van der Waals surface area contributed by atoms with Gasteiger partial charge in [0, 0.05) is 61.1 Å². The lowest BCUT2D eigenvalue weighted by atomic mass is 10.0. The molecule has 0 unspecified atom stereocenters. The Kier molecular flexibility index (Phi) is 19.6. The number of ketones is 1. The fraction of sp³-hybridized carbons (Fsp3) is 0.629. The maximum absolute atomic E-state index is 10.0. The van der Waals surface area contributed by atoms with E-state index in [1.807, 2.05) is 60.0 Å². The molecule has 1 spiro atoms. The maximum Gasteiger partial charge on any atom is 0.129 e. The summed E-state index contributed by atoms with van der Waals surface area (Å²) >= 11 is 0. The first-order chi connectivity index (χ1) is 19.6. The molecule has 0 atom stereocenters. The van der Waals surface area contributed by atoms with E-state index in [0.29, 0.717) is 5.54 Å². The summed E-state index contributed by atoms with van der Waals surface area (Å²) in [5, 5.41) is 3.68. The van der Waals surface area contributed by atoms with Crippen molar-refractivity contribution >= 4 is 17.5 Å². The van der Waals surface area contributed by atoms with Crippen LogP contribution < -0.4 is 16.0 Å². The molecule has 1 aliphatic heterocycles. The topological polar surface area (TPSA) is 84.1 Å². The van der Waals surface area contributed by atoms with Crippen LogP contribution in [0.3, 0.4) is 0 Å². The Bertz CT molecular complexity index is 1040. The van der Waals surface area contributed by atoms with Gasteiger partial charge in [-0.25, -0.2) is 0 Å². The smallest absolute Gasteiger partial charge is 0.129 e. The monoisotopic (exact) mass is 567 g/mol. The Morgan fingerprint density at radius 2 is 1.73 bits per heavy atom. The van der Waals surface area contributed by atoms with Crippen LogP contribution >= 0.6 is 0 Å². The van der Waals surface area contributed by atoms with Crippen molar-refractivity contribution in [1.82, 2.24) is 15.3 Å². The van der Waals surface area contributed by atoms with E-state index in [2.05, 4.69) is 60.0 Å². The van der Waals surface area contributed by atoms with Gasteiger partial charge in [0.25, 0.3) is 0 Å². The highest BCUT2D eigenvalue weighted by molar-refractivity contribution is 5.75. The summed E-state index contributed by atoms with van der Waals surface area (Å²) in [6.07, 6.45) is 13.5. The minimum absolute atomic E-state index is 0.289. The molecule has 1 saturated heterocycles. The molecular formula is C35H61N5O. The molecule has 2 aromatic heterocycles. The molecule has 2 aromatic rings. The molecule has 1 saturated carbocycles. The van der Waals surface area contributed by atoms with Crippen molar-refractivity contribution in [3.05, 3.63) is 58.3 Å². The van der Waals surface area contributed by atoms with E-state index >= 15 is 0 Å². The summed E-state index contributed by atoms with van der Waals surface area (Å²) in [5.74, 6) is 0.289. The van der Waals surface area contributed by atoms with Crippen LogP contribution in [-0.2, 0) is 17.6 Å². The van der Waals surface area contributed by atoms with Crippen LogP contribution in [0.4, 0.5) is 5.69 Å². The number of Topliss-reactive ketones (excluding diaryl/α,β-unsaturated/α-hetero) is 1. The van der Waals surface area contributed by atoms with E-state index in [1.54, 1.807) is 6.92 Å². The van der Waals surface area contributed by atoms with Crippen molar-refractivity contribution in [2.75, 3.05) is 24.5 Å². The molecule has 3 heterocycles. The van der Waals surface area contributed by atoms with Crippen molar-refractivity contribution in [1.29, 1.82) is 0 Å². The van der Waals surface area contributed by atoms with Gasteiger partial charge >= 0.3 is 0 Å². The van der Waals surface area contributed by atoms with Gasteiger partial charge in [-0.2, -0.15) is 0 Å². The summed E-state index contributed by atoms with van der Waals surface area (Å²) in [6, 6.07) is 4.30. The number of pyridine rings is 2. The van der Waals surface area contributed by atoms with Crippen LogP contribution in [-0.4, -0.2) is 40.9 Å². The van der Waals surface area contributed by atoms with Crippen LogP contribution in [0.1, 0.15) is 122 Å². The minimum atomic E-state index is 0.289. The third-order valence-electron chi connectivity index (χ3n) is 6.91. The Labute approximate surface area is 252 Å². The van der Waals surface area contributed by atoms with E-state index in [9.17, 15) is 4.79 Å². The molecule has 232 valence electrons. The Morgan fingerprint density at radius 1 is 1.07 bits per heavy atom. The largest absolute Gasteiger partial charge is 0.402 e. The van der Waals surface area contributed by atoms with Crippen molar-refractivity contribution in [3.8, 4) is 0 Å². The lowest BCUT2D eigenvalue weighted by Crippen LogP contribution is -2.52. The quantitative estimate of drug-likeness (QED) is 0.353. The van der Waals surface area contributed by atoms with E-state index in [4.69, 9.17) is 5.73 Å². The molecule has 6 heteroatoms. The number of nitrogens with zero attached hydrogens (tertiary/aromatic N) is 3.